The first-order chi connectivity index (χ1) is 17.4. The Balaban J connectivity index is 1.44. The van der Waals surface area contributed by atoms with E-state index in [0.29, 0.717) is 0 Å². The van der Waals surface area contributed by atoms with Gasteiger partial charge in [-0.15, -0.1) is 11.3 Å². The van der Waals surface area contributed by atoms with E-state index in [0.717, 1.165) is 16.6 Å². The highest BCUT2D eigenvalue weighted by molar-refractivity contribution is 7.26. The molecule has 0 aliphatic heterocycles. The minimum absolute atomic E-state index is 0.932. The van der Waals surface area contributed by atoms with Crippen molar-refractivity contribution >= 4 is 64.5 Å². The van der Waals surface area contributed by atoms with Crippen LogP contribution in [0.5, 0.6) is 0 Å². The quantitative estimate of drug-likeness (QED) is 0.248. The lowest BCUT2D eigenvalue weighted by Gasteiger charge is -2.08. The molecule has 0 bridgehead atoms. The second kappa shape index (κ2) is 7.08. The first kappa shape index (κ1) is 19.0. The summed E-state index contributed by atoms with van der Waals surface area (Å²) >= 11 is 1.88. The van der Waals surface area contributed by atoms with Crippen molar-refractivity contribution in [1.82, 2.24) is 4.57 Å². The number of benzene rings is 5. The molecule has 0 spiro atoms. The number of rotatable bonds is 2. The van der Waals surface area contributed by atoms with Gasteiger partial charge in [-0.3, -0.25) is 0 Å². The van der Waals surface area contributed by atoms with Gasteiger partial charge in [-0.05, 0) is 47.5 Å². The van der Waals surface area contributed by atoms with Crippen molar-refractivity contribution in [3.63, 3.8) is 0 Å². The summed E-state index contributed by atoms with van der Waals surface area (Å²) in [6.45, 7) is 0. The highest BCUT2D eigenvalue weighted by Crippen LogP contribution is 2.44. The van der Waals surface area contributed by atoms with Crippen LogP contribution in [-0.2, 0) is 0 Å². The van der Waals surface area contributed by atoms with Gasteiger partial charge in [0.25, 0.3) is 0 Å². The maximum atomic E-state index is 6.15. The Morgan fingerprint density at radius 2 is 1.37 bits per heavy atom. The van der Waals surface area contributed by atoms with Crippen molar-refractivity contribution in [3.05, 3.63) is 115 Å². The Bertz CT molecular complexity index is 2060. The summed E-state index contributed by atoms with van der Waals surface area (Å²) in [7, 11) is 0. The summed E-state index contributed by atoms with van der Waals surface area (Å²) in [5.74, 6) is 0. The van der Waals surface area contributed by atoms with Gasteiger partial charge in [0.1, 0.15) is 11.2 Å². The zero-order chi connectivity index (χ0) is 22.9. The molecule has 5 aromatic carbocycles. The van der Waals surface area contributed by atoms with E-state index < -0.39 is 0 Å². The molecule has 3 heterocycles. The maximum Gasteiger partial charge on any atom is 0.136 e. The van der Waals surface area contributed by atoms with Crippen molar-refractivity contribution in [2.24, 2.45) is 0 Å². The van der Waals surface area contributed by atoms with Crippen molar-refractivity contribution < 1.29 is 4.42 Å². The van der Waals surface area contributed by atoms with E-state index in [2.05, 4.69) is 108 Å². The molecule has 3 heteroatoms. The van der Waals surface area contributed by atoms with Gasteiger partial charge in [-0.1, -0.05) is 78.9 Å². The topological polar surface area (TPSA) is 18.1 Å². The van der Waals surface area contributed by atoms with Gasteiger partial charge in [-0.25, -0.2) is 0 Å². The van der Waals surface area contributed by atoms with Crippen LogP contribution in [0.25, 0.3) is 70.0 Å². The van der Waals surface area contributed by atoms with Crippen LogP contribution in [0, 0.1) is 0 Å². The van der Waals surface area contributed by atoms with E-state index >= 15 is 0 Å². The number of aromatic nitrogens is 1. The molecular weight excluding hydrogens is 446 g/mol. The Kier molecular flexibility index (Phi) is 3.85. The fraction of sp³-hybridized carbons (Fsp3) is 0. The Morgan fingerprint density at radius 3 is 2.29 bits per heavy atom. The number of fused-ring (bicyclic) bond motifs is 8. The van der Waals surface area contributed by atoms with Crippen molar-refractivity contribution in [1.29, 1.82) is 0 Å². The molecule has 0 unspecified atom stereocenters. The van der Waals surface area contributed by atoms with Crippen molar-refractivity contribution in [3.8, 4) is 16.8 Å². The van der Waals surface area contributed by atoms with Gasteiger partial charge in [0.2, 0.25) is 0 Å². The smallest absolute Gasteiger partial charge is 0.136 e. The third-order valence-corrected chi connectivity index (χ3v) is 8.18. The first-order valence-electron chi connectivity index (χ1n) is 11.8. The molecular formula is C32H19NOS. The summed E-state index contributed by atoms with van der Waals surface area (Å²) in [5, 5.41) is 4.94. The number of hydrogen-bond donors (Lipinski definition) is 0. The molecule has 0 aliphatic carbocycles. The largest absolute Gasteiger partial charge is 0.456 e. The SMILES string of the molecule is c1ccc(-n2c3ccccc3c3sc4cc(-c5cccc6oc7ccccc7c56)ccc4c32)cc1. The second-order valence-electron chi connectivity index (χ2n) is 8.96. The van der Waals surface area contributed by atoms with E-state index in [1.807, 2.05) is 23.5 Å². The van der Waals surface area contributed by atoms with Gasteiger partial charge in [0, 0.05) is 31.9 Å². The van der Waals surface area contributed by atoms with E-state index in [1.54, 1.807) is 0 Å². The van der Waals surface area contributed by atoms with Crippen LogP contribution in [0.15, 0.2) is 120 Å². The molecule has 3 aromatic heterocycles. The van der Waals surface area contributed by atoms with Crippen molar-refractivity contribution in [2.75, 3.05) is 0 Å². The highest BCUT2D eigenvalue weighted by Gasteiger charge is 2.18. The minimum atomic E-state index is 0.932. The Morgan fingerprint density at radius 1 is 0.600 bits per heavy atom. The average Bonchev–Trinajstić information content (AvgIpc) is 3.57. The second-order valence-corrected chi connectivity index (χ2v) is 10.0. The lowest BCUT2D eigenvalue weighted by molar-refractivity contribution is 0.669. The Hall–Kier alpha value is -4.34. The minimum Gasteiger partial charge on any atom is -0.456 e. The predicted octanol–water partition coefficient (Wildman–Crippen LogP) is 9.56. The fourth-order valence-corrected chi connectivity index (χ4v) is 6.76. The predicted molar refractivity (Wildman–Crippen MR) is 149 cm³/mol. The number of thiophene rings is 1. The standard InChI is InChI=1S/C32H19NOS/c1-2-9-21(10-3-1)33-26-14-6-4-11-23(26)32-31(33)25-18-17-20(19-29(25)35-32)22-13-8-16-28-30(22)24-12-5-7-15-27(24)34-28/h1-19H. The molecule has 0 atom stereocenters. The first-order valence-corrected chi connectivity index (χ1v) is 12.6. The van der Waals surface area contributed by atoms with Gasteiger partial charge in [-0.2, -0.15) is 0 Å². The summed E-state index contributed by atoms with van der Waals surface area (Å²) in [4.78, 5) is 0. The molecule has 164 valence electrons. The molecule has 0 saturated carbocycles. The van der Waals surface area contributed by atoms with Crippen LogP contribution in [0.2, 0.25) is 0 Å². The van der Waals surface area contributed by atoms with Gasteiger partial charge in [0.05, 0.1) is 15.7 Å². The molecule has 8 aromatic rings. The van der Waals surface area contributed by atoms with Crippen LogP contribution < -0.4 is 0 Å². The van der Waals surface area contributed by atoms with E-state index in [-0.39, 0.29) is 0 Å². The molecule has 0 saturated heterocycles. The third kappa shape index (κ3) is 2.64. The van der Waals surface area contributed by atoms with E-state index in [1.165, 1.54) is 53.4 Å². The normalized spacial score (nSPS) is 12.0. The fourth-order valence-electron chi connectivity index (χ4n) is 5.50. The van der Waals surface area contributed by atoms with Gasteiger partial charge in [0.15, 0.2) is 0 Å². The molecule has 0 amide bonds. The molecule has 0 N–H and O–H groups in total. The number of hydrogen-bond acceptors (Lipinski definition) is 2. The van der Waals surface area contributed by atoms with Gasteiger partial charge < -0.3 is 8.98 Å². The van der Waals surface area contributed by atoms with Crippen molar-refractivity contribution in [2.45, 2.75) is 0 Å². The number of furan rings is 1. The molecule has 0 radical (unpaired) electrons. The van der Waals surface area contributed by atoms with Crippen LogP contribution in [0.4, 0.5) is 0 Å². The highest BCUT2D eigenvalue weighted by atomic mass is 32.1. The monoisotopic (exact) mass is 465 g/mol. The molecule has 2 nitrogen and oxygen atoms in total. The molecule has 8 rings (SSSR count). The summed E-state index contributed by atoms with van der Waals surface area (Å²) in [6.07, 6.45) is 0. The molecule has 35 heavy (non-hydrogen) atoms. The summed E-state index contributed by atoms with van der Waals surface area (Å²) in [5.41, 5.74) is 8.02. The Labute approximate surface area is 205 Å². The number of para-hydroxylation sites is 3. The lowest BCUT2D eigenvalue weighted by Crippen LogP contribution is -1.92. The van der Waals surface area contributed by atoms with Crippen LogP contribution in [-0.4, -0.2) is 4.57 Å². The van der Waals surface area contributed by atoms with E-state index in [4.69, 9.17) is 4.42 Å². The van der Waals surface area contributed by atoms with Crippen LogP contribution >= 0.6 is 11.3 Å². The molecule has 0 fully saturated rings. The summed E-state index contributed by atoms with van der Waals surface area (Å²) in [6, 6.07) is 41.0. The maximum absolute atomic E-state index is 6.15. The zero-order valence-electron chi connectivity index (χ0n) is 18.7. The average molecular weight is 466 g/mol. The van der Waals surface area contributed by atoms with Crippen LogP contribution in [0.3, 0.4) is 0 Å². The molecule has 0 aliphatic rings. The summed E-state index contributed by atoms with van der Waals surface area (Å²) < 4.78 is 11.2. The third-order valence-electron chi connectivity index (χ3n) is 7.00. The lowest BCUT2D eigenvalue weighted by atomic mass is 9.99. The zero-order valence-corrected chi connectivity index (χ0v) is 19.5. The van der Waals surface area contributed by atoms with Gasteiger partial charge >= 0.3 is 0 Å². The van der Waals surface area contributed by atoms with Crippen LogP contribution in [0.1, 0.15) is 0 Å². The number of nitrogens with zero attached hydrogens (tertiary/aromatic N) is 1. The van der Waals surface area contributed by atoms with E-state index in [9.17, 15) is 0 Å².